The zero-order valence-corrected chi connectivity index (χ0v) is 21.3. The van der Waals surface area contributed by atoms with E-state index in [0.29, 0.717) is 23.7 Å². The van der Waals surface area contributed by atoms with Crippen molar-refractivity contribution in [2.24, 2.45) is 0 Å². The predicted octanol–water partition coefficient (Wildman–Crippen LogP) is 5.62. The third-order valence-corrected chi connectivity index (χ3v) is 6.42. The molecule has 1 aromatic carbocycles. The molecular weight excluding hydrogens is 481 g/mol. The SMILES string of the molecule is Cc1cc(F)cc(-c2ccnc3[nH]c(-c4[nH]nc5ncc(-c6cncc(OCCN(C)C)c6)cc45)cc23)c1. The quantitative estimate of drug-likeness (QED) is 0.291. The number of aromatic amines is 2. The molecule has 6 rings (SSSR count). The van der Waals surface area contributed by atoms with Crippen molar-refractivity contribution >= 4 is 22.1 Å². The normalized spacial score (nSPS) is 11.6. The Morgan fingerprint density at radius 2 is 1.79 bits per heavy atom. The molecule has 8 nitrogen and oxygen atoms in total. The summed E-state index contributed by atoms with van der Waals surface area (Å²) < 4.78 is 20.0. The highest BCUT2D eigenvalue weighted by atomic mass is 19.1. The predicted molar refractivity (Wildman–Crippen MR) is 146 cm³/mol. The molecule has 0 saturated carbocycles. The first kappa shape index (κ1) is 23.7. The number of likely N-dealkylation sites (N-methyl/N-ethyl adjacent to an activating group) is 1. The Morgan fingerprint density at radius 1 is 0.921 bits per heavy atom. The molecule has 0 saturated heterocycles. The number of nitrogens with one attached hydrogen (secondary N) is 2. The van der Waals surface area contributed by atoms with Gasteiger partial charge in [-0.3, -0.25) is 10.1 Å². The maximum Gasteiger partial charge on any atom is 0.181 e. The number of benzene rings is 1. The number of rotatable bonds is 7. The first-order valence-electron chi connectivity index (χ1n) is 12.3. The van der Waals surface area contributed by atoms with Gasteiger partial charge in [-0.2, -0.15) is 5.10 Å². The zero-order valence-electron chi connectivity index (χ0n) is 21.3. The third-order valence-electron chi connectivity index (χ3n) is 6.42. The summed E-state index contributed by atoms with van der Waals surface area (Å²) in [7, 11) is 4.02. The lowest BCUT2D eigenvalue weighted by Gasteiger charge is -2.11. The molecule has 2 N–H and O–H groups in total. The number of nitrogens with zero attached hydrogens (tertiary/aromatic N) is 5. The lowest BCUT2D eigenvalue weighted by Crippen LogP contribution is -2.19. The summed E-state index contributed by atoms with van der Waals surface area (Å²) in [5, 5.41) is 9.28. The molecule has 38 heavy (non-hydrogen) atoms. The van der Waals surface area contributed by atoms with Crippen LogP contribution in [0.4, 0.5) is 4.39 Å². The van der Waals surface area contributed by atoms with E-state index >= 15 is 0 Å². The number of hydrogen-bond acceptors (Lipinski definition) is 6. The Kier molecular flexibility index (Phi) is 6.05. The third kappa shape index (κ3) is 4.59. The van der Waals surface area contributed by atoms with Gasteiger partial charge in [0.05, 0.1) is 17.6 Å². The lowest BCUT2D eigenvalue weighted by molar-refractivity contribution is 0.261. The summed E-state index contributed by atoms with van der Waals surface area (Å²) in [6, 6.07) is 13.0. The monoisotopic (exact) mass is 507 g/mol. The van der Waals surface area contributed by atoms with Crippen LogP contribution in [0.15, 0.2) is 67.3 Å². The number of H-pyrrole nitrogens is 2. The van der Waals surface area contributed by atoms with Crippen molar-refractivity contribution in [2.75, 3.05) is 27.2 Å². The summed E-state index contributed by atoms with van der Waals surface area (Å²) in [5.41, 5.74) is 7.28. The summed E-state index contributed by atoms with van der Waals surface area (Å²) >= 11 is 0. The second-order valence-corrected chi connectivity index (χ2v) is 9.58. The van der Waals surface area contributed by atoms with Crippen LogP contribution in [0.2, 0.25) is 0 Å². The molecule has 0 amide bonds. The smallest absolute Gasteiger partial charge is 0.181 e. The molecule has 0 radical (unpaired) electrons. The van der Waals surface area contributed by atoms with Crippen LogP contribution in [0.3, 0.4) is 0 Å². The summed E-state index contributed by atoms with van der Waals surface area (Å²) in [4.78, 5) is 18.9. The van der Waals surface area contributed by atoms with E-state index < -0.39 is 0 Å². The molecular formula is C29H26FN7O. The highest BCUT2D eigenvalue weighted by Gasteiger charge is 2.16. The molecule has 5 aromatic heterocycles. The van der Waals surface area contributed by atoms with Gasteiger partial charge in [0.15, 0.2) is 5.65 Å². The second-order valence-electron chi connectivity index (χ2n) is 9.58. The van der Waals surface area contributed by atoms with Crippen LogP contribution in [-0.2, 0) is 0 Å². The van der Waals surface area contributed by atoms with Crippen LogP contribution < -0.4 is 4.74 Å². The van der Waals surface area contributed by atoms with Crippen LogP contribution in [0.25, 0.3) is 55.7 Å². The zero-order chi connectivity index (χ0) is 26.2. The molecule has 0 unspecified atom stereocenters. The Bertz CT molecular complexity index is 1750. The van der Waals surface area contributed by atoms with Crippen LogP contribution >= 0.6 is 0 Å². The van der Waals surface area contributed by atoms with Gasteiger partial charge in [0.2, 0.25) is 0 Å². The van der Waals surface area contributed by atoms with Crippen LogP contribution in [-0.4, -0.2) is 62.3 Å². The van der Waals surface area contributed by atoms with Crippen molar-refractivity contribution in [3.63, 3.8) is 0 Å². The first-order valence-corrected chi connectivity index (χ1v) is 12.3. The second kappa shape index (κ2) is 9.68. The van der Waals surface area contributed by atoms with E-state index in [0.717, 1.165) is 56.5 Å². The van der Waals surface area contributed by atoms with Crippen molar-refractivity contribution in [1.82, 2.24) is 35.0 Å². The van der Waals surface area contributed by atoms with Crippen molar-refractivity contribution < 1.29 is 9.13 Å². The summed E-state index contributed by atoms with van der Waals surface area (Å²) in [5.74, 6) is 0.444. The van der Waals surface area contributed by atoms with Gasteiger partial charge >= 0.3 is 0 Å². The van der Waals surface area contributed by atoms with E-state index in [4.69, 9.17) is 4.74 Å². The van der Waals surface area contributed by atoms with E-state index in [1.807, 2.05) is 51.4 Å². The Labute approximate surface area is 218 Å². The van der Waals surface area contributed by atoms with E-state index in [9.17, 15) is 4.39 Å². The molecule has 0 aliphatic rings. The lowest BCUT2D eigenvalue weighted by atomic mass is 10.0. The fraction of sp³-hybridized carbons (Fsp3) is 0.172. The number of pyridine rings is 3. The van der Waals surface area contributed by atoms with Gasteiger partial charge in [0, 0.05) is 47.0 Å². The van der Waals surface area contributed by atoms with Crippen molar-refractivity contribution in [1.29, 1.82) is 0 Å². The molecule has 0 fully saturated rings. The largest absolute Gasteiger partial charge is 0.491 e. The van der Waals surface area contributed by atoms with Gasteiger partial charge in [-0.1, -0.05) is 6.07 Å². The van der Waals surface area contributed by atoms with Gasteiger partial charge in [0.1, 0.15) is 23.8 Å². The maximum absolute atomic E-state index is 14.2. The Balaban J connectivity index is 1.38. The van der Waals surface area contributed by atoms with Crippen LogP contribution in [0.5, 0.6) is 5.75 Å². The van der Waals surface area contributed by atoms with Crippen molar-refractivity contribution in [2.45, 2.75) is 6.92 Å². The van der Waals surface area contributed by atoms with Gasteiger partial charge in [-0.25, -0.2) is 14.4 Å². The molecule has 0 bridgehead atoms. The van der Waals surface area contributed by atoms with Gasteiger partial charge in [-0.05, 0) is 74.1 Å². The number of hydrogen-bond donors (Lipinski definition) is 2. The maximum atomic E-state index is 14.2. The molecule has 5 heterocycles. The Morgan fingerprint density at radius 3 is 2.63 bits per heavy atom. The van der Waals surface area contributed by atoms with Gasteiger partial charge in [-0.15, -0.1) is 0 Å². The van der Waals surface area contributed by atoms with E-state index in [-0.39, 0.29) is 5.82 Å². The fourth-order valence-corrected chi connectivity index (χ4v) is 4.57. The molecule has 9 heteroatoms. The minimum atomic E-state index is -0.263. The minimum Gasteiger partial charge on any atom is -0.491 e. The van der Waals surface area contributed by atoms with Crippen molar-refractivity contribution in [3.8, 4) is 39.4 Å². The molecule has 0 atom stereocenters. The summed E-state index contributed by atoms with van der Waals surface area (Å²) in [6.07, 6.45) is 7.01. The van der Waals surface area contributed by atoms with Crippen LogP contribution in [0, 0.1) is 12.7 Å². The van der Waals surface area contributed by atoms with Gasteiger partial charge in [0.25, 0.3) is 0 Å². The van der Waals surface area contributed by atoms with Gasteiger partial charge < -0.3 is 14.6 Å². The van der Waals surface area contributed by atoms with E-state index in [2.05, 4.69) is 35.0 Å². The number of aryl methyl sites for hydroxylation is 1. The molecule has 0 spiro atoms. The number of halogens is 1. The molecule has 0 aliphatic heterocycles. The van der Waals surface area contributed by atoms with Crippen LogP contribution in [0.1, 0.15) is 5.56 Å². The van der Waals surface area contributed by atoms with E-state index in [1.165, 1.54) is 6.07 Å². The average Bonchev–Trinajstić information content (AvgIpc) is 3.51. The molecule has 6 aromatic rings. The minimum absolute atomic E-state index is 0.263. The standard InChI is InChI=1S/C29H26FN7O/c1-17-8-18(10-21(30)9-17)23-4-5-32-28-24(23)13-26(34-28)27-25-12-20(15-33-29(25)36-35-27)19-11-22(16-31-14-19)38-7-6-37(2)3/h4-5,8-16H,6-7H2,1-3H3,(H,32,34)(H,33,35,36). The van der Waals surface area contributed by atoms with Crippen molar-refractivity contribution in [3.05, 3.63) is 78.6 Å². The number of fused-ring (bicyclic) bond motifs is 2. The van der Waals surface area contributed by atoms with E-state index in [1.54, 1.807) is 30.9 Å². The highest BCUT2D eigenvalue weighted by molar-refractivity contribution is 5.99. The Hall–Kier alpha value is -4.63. The molecule has 190 valence electrons. The number of aromatic nitrogens is 6. The fourth-order valence-electron chi connectivity index (χ4n) is 4.57. The average molecular weight is 508 g/mol. The highest BCUT2D eigenvalue weighted by Crippen LogP contribution is 2.34. The number of ether oxygens (including phenoxy) is 1. The first-order chi connectivity index (χ1) is 18.4. The summed E-state index contributed by atoms with van der Waals surface area (Å²) in [6.45, 7) is 3.28. The topological polar surface area (TPSA) is 95.6 Å². The molecule has 0 aliphatic carbocycles.